The molecule has 0 radical (unpaired) electrons. The summed E-state index contributed by atoms with van der Waals surface area (Å²) in [5.74, 6) is -0.724. The van der Waals surface area contributed by atoms with E-state index in [1.54, 1.807) is 35.8 Å². The second kappa shape index (κ2) is 8.10. The van der Waals surface area contributed by atoms with Gasteiger partial charge < -0.3 is 10.5 Å². The standard InChI is InChI=1S/C19H26N2O5S/c20-19-13-12-16(26-19)18(27(24,25)14-8-4-3-5-9-14)15(19)10-6-1-2-7-11-17(22)21-23/h1,3-6,8-9,15-16,18,23H,2,7,10-13,20H2,(H,21,22)/t15-,16-,18+,19+/m0/s1. The van der Waals surface area contributed by atoms with E-state index in [1.807, 2.05) is 12.2 Å². The maximum Gasteiger partial charge on any atom is 0.243 e. The lowest BCUT2D eigenvalue weighted by molar-refractivity contribution is -0.129. The van der Waals surface area contributed by atoms with Crippen molar-refractivity contribution in [3.63, 3.8) is 0 Å². The Morgan fingerprint density at radius 1 is 1.33 bits per heavy atom. The fourth-order valence-electron chi connectivity index (χ4n) is 4.12. The number of unbranched alkanes of at least 4 members (excludes halogenated alkanes) is 1. The largest absolute Gasteiger partial charge is 0.356 e. The molecule has 8 heteroatoms. The van der Waals surface area contributed by atoms with Crippen LogP contribution in [0.2, 0.25) is 0 Å². The normalized spacial score (nSPS) is 30.1. The molecule has 3 rings (SSSR count). The maximum absolute atomic E-state index is 13.2. The van der Waals surface area contributed by atoms with Crippen molar-refractivity contribution in [2.24, 2.45) is 11.7 Å². The molecule has 1 amide bonds. The first-order chi connectivity index (χ1) is 12.9. The molecule has 2 heterocycles. The number of rotatable bonds is 8. The molecule has 7 nitrogen and oxygen atoms in total. The summed E-state index contributed by atoms with van der Waals surface area (Å²) in [5, 5.41) is 7.82. The van der Waals surface area contributed by atoms with Gasteiger partial charge in [0.1, 0.15) is 5.72 Å². The first kappa shape index (κ1) is 20.0. The topological polar surface area (TPSA) is 119 Å². The monoisotopic (exact) mass is 394 g/mol. The van der Waals surface area contributed by atoms with Crippen molar-refractivity contribution in [1.82, 2.24) is 5.48 Å². The highest BCUT2D eigenvalue weighted by atomic mass is 32.2. The highest BCUT2D eigenvalue weighted by molar-refractivity contribution is 7.92. The number of hydrogen-bond donors (Lipinski definition) is 3. The summed E-state index contributed by atoms with van der Waals surface area (Å²) < 4.78 is 32.3. The Hall–Kier alpha value is -1.74. The number of allylic oxidation sites excluding steroid dienone is 2. The second-order valence-electron chi connectivity index (χ2n) is 7.21. The first-order valence-corrected chi connectivity index (χ1v) is 10.8. The summed E-state index contributed by atoms with van der Waals surface area (Å²) in [5.41, 5.74) is 7.10. The van der Waals surface area contributed by atoms with E-state index < -0.39 is 26.7 Å². The van der Waals surface area contributed by atoms with Crippen LogP contribution in [0.15, 0.2) is 47.4 Å². The Morgan fingerprint density at radius 2 is 2.07 bits per heavy atom. The lowest BCUT2D eigenvalue weighted by atomic mass is 9.82. The lowest BCUT2D eigenvalue weighted by Crippen LogP contribution is -2.49. The predicted molar refractivity (Wildman–Crippen MR) is 99.5 cm³/mol. The van der Waals surface area contributed by atoms with Crippen LogP contribution >= 0.6 is 0 Å². The van der Waals surface area contributed by atoms with Gasteiger partial charge in [-0.2, -0.15) is 0 Å². The highest BCUT2D eigenvalue weighted by Gasteiger charge is 2.61. The van der Waals surface area contributed by atoms with Crippen molar-refractivity contribution < 1.29 is 23.2 Å². The summed E-state index contributed by atoms with van der Waals surface area (Å²) in [6.07, 6.45) is 6.81. The average Bonchev–Trinajstić information content (AvgIpc) is 3.18. The minimum Gasteiger partial charge on any atom is -0.356 e. The van der Waals surface area contributed by atoms with Gasteiger partial charge in [0, 0.05) is 12.3 Å². The van der Waals surface area contributed by atoms with Gasteiger partial charge in [-0.15, -0.1) is 0 Å². The van der Waals surface area contributed by atoms with Crippen molar-refractivity contribution in [2.45, 2.75) is 60.5 Å². The van der Waals surface area contributed by atoms with Crippen LogP contribution in [0.25, 0.3) is 0 Å². The molecule has 2 fully saturated rings. The van der Waals surface area contributed by atoms with Gasteiger partial charge >= 0.3 is 0 Å². The molecular weight excluding hydrogens is 368 g/mol. The minimum absolute atomic E-state index is 0.237. The molecule has 4 N–H and O–H groups in total. The van der Waals surface area contributed by atoms with Crippen molar-refractivity contribution in [3.8, 4) is 0 Å². The zero-order valence-electron chi connectivity index (χ0n) is 15.1. The molecule has 0 unspecified atom stereocenters. The summed E-state index contributed by atoms with van der Waals surface area (Å²) in [4.78, 5) is 11.3. The molecule has 1 aromatic rings. The molecule has 0 aliphatic carbocycles. The van der Waals surface area contributed by atoms with E-state index in [2.05, 4.69) is 0 Å². The molecule has 0 aromatic heterocycles. The summed E-state index contributed by atoms with van der Waals surface area (Å²) >= 11 is 0. The number of sulfone groups is 1. The van der Waals surface area contributed by atoms with Gasteiger partial charge in [-0.1, -0.05) is 30.4 Å². The van der Waals surface area contributed by atoms with Gasteiger partial charge in [-0.05, 0) is 44.2 Å². The highest BCUT2D eigenvalue weighted by Crippen LogP contribution is 2.50. The van der Waals surface area contributed by atoms with Gasteiger partial charge in [0.2, 0.25) is 5.91 Å². The van der Waals surface area contributed by atoms with Crippen LogP contribution in [0, 0.1) is 5.92 Å². The maximum atomic E-state index is 13.2. The average molecular weight is 394 g/mol. The van der Waals surface area contributed by atoms with E-state index >= 15 is 0 Å². The Bertz CT molecular complexity index is 796. The molecule has 0 saturated carbocycles. The molecule has 27 heavy (non-hydrogen) atoms. The molecule has 0 spiro atoms. The van der Waals surface area contributed by atoms with Crippen LogP contribution in [0.1, 0.15) is 38.5 Å². The van der Waals surface area contributed by atoms with Gasteiger partial charge in [0.25, 0.3) is 0 Å². The molecule has 2 aliphatic rings. The lowest BCUT2D eigenvalue weighted by Gasteiger charge is -2.32. The van der Waals surface area contributed by atoms with Gasteiger partial charge in [0.05, 0.1) is 16.2 Å². The number of hydroxylamine groups is 1. The number of nitrogens with one attached hydrogen (secondary N) is 1. The van der Waals surface area contributed by atoms with Crippen LogP contribution in [-0.4, -0.2) is 36.6 Å². The summed E-state index contributed by atoms with van der Waals surface area (Å²) in [6.45, 7) is 0. The molecule has 1 aromatic carbocycles. The van der Waals surface area contributed by atoms with E-state index in [0.717, 1.165) is 0 Å². The zero-order valence-corrected chi connectivity index (χ0v) is 15.9. The molecule has 148 valence electrons. The Morgan fingerprint density at radius 3 is 2.78 bits per heavy atom. The number of carbonyl (C=O) groups is 1. The first-order valence-electron chi connectivity index (χ1n) is 9.22. The van der Waals surface area contributed by atoms with Crippen LogP contribution in [0.3, 0.4) is 0 Å². The predicted octanol–water partition coefficient (Wildman–Crippen LogP) is 1.91. The van der Waals surface area contributed by atoms with Crippen LogP contribution in [0.4, 0.5) is 0 Å². The fraction of sp³-hybridized carbons (Fsp3) is 0.526. The Labute approximate surface area is 159 Å². The second-order valence-corrected chi connectivity index (χ2v) is 9.32. The number of fused-ring (bicyclic) bond motifs is 2. The van der Waals surface area contributed by atoms with E-state index in [1.165, 1.54) is 0 Å². The smallest absolute Gasteiger partial charge is 0.243 e. The summed E-state index contributed by atoms with van der Waals surface area (Å²) in [6, 6.07) is 8.46. The Balaban J connectivity index is 1.70. The van der Waals surface area contributed by atoms with Gasteiger partial charge in [-0.25, -0.2) is 13.9 Å². The van der Waals surface area contributed by atoms with Crippen molar-refractivity contribution in [1.29, 1.82) is 0 Å². The third-order valence-corrected chi connectivity index (χ3v) is 7.75. The number of carbonyl (C=O) groups excluding carboxylic acids is 1. The Kier molecular flexibility index (Phi) is 6.00. The number of benzene rings is 1. The number of hydrogen-bond acceptors (Lipinski definition) is 6. The third-order valence-electron chi connectivity index (χ3n) is 5.47. The van der Waals surface area contributed by atoms with Crippen molar-refractivity contribution >= 4 is 15.7 Å². The van der Waals surface area contributed by atoms with Crippen LogP contribution in [-0.2, 0) is 19.4 Å². The van der Waals surface area contributed by atoms with Crippen molar-refractivity contribution in [3.05, 3.63) is 42.5 Å². The summed E-state index contributed by atoms with van der Waals surface area (Å²) in [7, 11) is -3.54. The molecule has 2 saturated heterocycles. The number of amides is 1. The fourth-order valence-corrected chi connectivity index (χ4v) is 6.34. The van der Waals surface area contributed by atoms with E-state index in [9.17, 15) is 13.2 Å². The number of nitrogens with two attached hydrogens (primary N) is 1. The quantitative estimate of drug-likeness (QED) is 0.268. The van der Waals surface area contributed by atoms with Gasteiger partial charge in [-0.3, -0.25) is 10.0 Å². The van der Waals surface area contributed by atoms with Gasteiger partial charge in [0.15, 0.2) is 9.84 Å². The number of ether oxygens (including phenoxy) is 1. The molecule has 4 atom stereocenters. The molecular formula is C19H26N2O5S. The van der Waals surface area contributed by atoms with E-state index in [-0.39, 0.29) is 18.4 Å². The van der Waals surface area contributed by atoms with E-state index in [4.69, 9.17) is 15.7 Å². The molecule has 2 bridgehead atoms. The van der Waals surface area contributed by atoms with Crippen LogP contribution in [0.5, 0.6) is 0 Å². The minimum atomic E-state index is -3.54. The van der Waals surface area contributed by atoms with Crippen molar-refractivity contribution in [2.75, 3.05) is 0 Å². The third kappa shape index (κ3) is 4.08. The van der Waals surface area contributed by atoms with E-state index in [0.29, 0.717) is 37.0 Å². The SMILES string of the molecule is N[C@]12CC[C@H](O1)[C@H](S(=O)(=O)c1ccccc1)[C@@H]2CC=CCCCC(=O)NO. The molecule has 2 aliphatic heterocycles. The zero-order chi connectivity index (χ0) is 19.5. The van der Waals surface area contributed by atoms with Crippen LogP contribution < -0.4 is 11.2 Å².